The molecule has 0 aliphatic rings. The van der Waals surface area contributed by atoms with Gasteiger partial charge < -0.3 is 4.74 Å². The number of halogens is 2. The Labute approximate surface area is 138 Å². The van der Waals surface area contributed by atoms with Crippen molar-refractivity contribution in [2.45, 2.75) is 26.7 Å². The first-order chi connectivity index (χ1) is 9.88. The molecule has 0 aliphatic carbocycles. The Balaban J connectivity index is 2.34. The highest BCUT2D eigenvalue weighted by atomic mass is 79.9. The molecule has 0 atom stereocenters. The van der Waals surface area contributed by atoms with Gasteiger partial charge in [0.15, 0.2) is 5.78 Å². The van der Waals surface area contributed by atoms with Gasteiger partial charge in [-0.2, -0.15) is 0 Å². The third-order valence-corrected chi connectivity index (χ3v) is 3.95. The van der Waals surface area contributed by atoms with Gasteiger partial charge in [0.25, 0.3) is 0 Å². The van der Waals surface area contributed by atoms with Gasteiger partial charge in [-0.1, -0.05) is 41.4 Å². The SMILES string of the molecule is CC(=O)c1ccc(Oc2ccc(Br)cc2C(C)C)cc1Cl. The van der Waals surface area contributed by atoms with E-state index in [9.17, 15) is 4.79 Å². The van der Waals surface area contributed by atoms with E-state index in [1.54, 1.807) is 18.2 Å². The zero-order chi connectivity index (χ0) is 15.6. The predicted molar refractivity (Wildman–Crippen MR) is 89.8 cm³/mol. The zero-order valence-electron chi connectivity index (χ0n) is 12.1. The first kappa shape index (κ1) is 16.1. The van der Waals surface area contributed by atoms with Crippen molar-refractivity contribution in [1.29, 1.82) is 0 Å². The van der Waals surface area contributed by atoms with Crippen LogP contribution in [0.15, 0.2) is 40.9 Å². The second kappa shape index (κ2) is 6.63. The molecular formula is C17H16BrClO2. The second-order valence-corrected chi connectivity index (χ2v) is 6.46. The Bertz CT molecular complexity index is 680. The van der Waals surface area contributed by atoms with E-state index >= 15 is 0 Å². The summed E-state index contributed by atoms with van der Waals surface area (Å²) >= 11 is 9.58. The minimum atomic E-state index is -0.0574. The second-order valence-electron chi connectivity index (χ2n) is 5.14. The molecule has 0 radical (unpaired) electrons. The maximum atomic E-state index is 11.4. The minimum Gasteiger partial charge on any atom is -0.457 e. The van der Waals surface area contributed by atoms with Crippen molar-refractivity contribution in [2.75, 3.05) is 0 Å². The lowest BCUT2D eigenvalue weighted by atomic mass is 10.0. The Kier molecular flexibility index (Phi) is 5.07. The van der Waals surface area contributed by atoms with Crippen molar-refractivity contribution >= 4 is 33.3 Å². The summed E-state index contributed by atoms with van der Waals surface area (Å²) in [5.74, 6) is 1.69. The van der Waals surface area contributed by atoms with Crippen molar-refractivity contribution in [3.05, 3.63) is 57.0 Å². The van der Waals surface area contributed by atoms with Crippen LogP contribution in [0.1, 0.15) is 42.6 Å². The van der Waals surface area contributed by atoms with Crippen LogP contribution in [0.5, 0.6) is 11.5 Å². The molecule has 4 heteroatoms. The van der Waals surface area contributed by atoms with Crippen LogP contribution in [0.4, 0.5) is 0 Å². The molecule has 0 spiro atoms. The topological polar surface area (TPSA) is 26.3 Å². The summed E-state index contributed by atoms with van der Waals surface area (Å²) in [6, 6.07) is 11.0. The molecule has 2 rings (SSSR count). The summed E-state index contributed by atoms with van der Waals surface area (Å²) in [7, 11) is 0. The third-order valence-electron chi connectivity index (χ3n) is 3.14. The molecule has 0 fully saturated rings. The van der Waals surface area contributed by atoms with Gasteiger partial charge in [-0.05, 0) is 48.7 Å². The number of hydrogen-bond acceptors (Lipinski definition) is 2. The molecule has 0 unspecified atom stereocenters. The summed E-state index contributed by atoms with van der Waals surface area (Å²) in [6.45, 7) is 5.72. The van der Waals surface area contributed by atoms with Gasteiger partial charge in [-0.25, -0.2) is 0 Å². The van der Waals surface area contributed by atoms with Gasteiger partial charge in [0, 0.05) is 16.1 Å². The molecule has 2 aromatic carbocycles. The van der Waals surface area contributed by atoms with Crippen molar-refractivity contribution in [2.24, 2.45) is 0 Å². The van der Waals surface area contributed by atoms with Crippen molar-refractivity contribution < 1.29 is 9.53 Å². The van der Waals surface area contributed by atoms with Crippen LogP contribution >= 0.6 is 27.5 Å². The van der Waals surface area contributed by atoms with Crippen molar-refractivity contribution in [1.82, 2.24) is 0 Å². The van der Waals surface area contributed by atoms with E-state index in [-0.39, 0.29) is 5.78 Å². The van der Waals surface area contributed by atoms with Crippen LogP contribution < -0.4 is 4.74 Å². The maximum absolute atomic E-state index is 11.4. The Hall–Kier alpha value is -1.32. The maximum Gasteiger partial charge on any atom is 0.161 e. The number of rotatable bonds is 4. The van der Waals surface area contributed by atoms with Crippen molar-refractivity contribution in [3.63, 3.8) is 0 Å². The molecule has 0 heterocycles. The number of ether oxygens (including phenoxy) is 1. The van der Waals surface area contributed by atoms with Gasteiger partial charge in [0.2, 0.25) is 0 Å². The third kappa shape index (κ3) is 3.86. The lowest BCUT2D eigenvalue weighted by molar-refractivity contribution is 0.101. The van der Waals surface area contributed by atoms with E-state index < -0.39 is 0 Å². The van der Waals surface area contributed by atoms with Crippen LogP contribution in [0.2, 0.25) is 5.02 Å². The molecule has 0 saturated heterocycles. The highest BCUT2D eigenvalue weighted by Gasteiger charge is 2.11. The zero-order valence-corrected chi connectivity index (χ0v) is 14.5. The number of carbonyl (C=O) groups is 1. The molecule has 0 N–H and O–H groups in total. The predicted octanol–water partition coefficient (Wildman–Crippen LogP) is 6.22. The van der Waals surface area contributed by atoms with Crippen LogP contribution in [-0.2, 0) is 0 Å². The molecule has 0 aromatic heterocycles. The summed E-state index contributed by atoms with van der Waals surface area (Å²) in [6.07, 6.45) is 0. The number of ketones is 1. The standard InChI is InChI=1S/C17H16BrClO2/c1-10(2)15-8-12(18)4-7-17(15)21-13-5-6-14(11(3)20)16(19)9-13/h4-10H,1-3H3. The average Bonchev–Trinajstić information content (AvgIpc) is 2.40. The quantitative estimate of drug-likeness (QED) is 0.599. The number of carbonyl (C=O) groups excluding carboxylic acids is 1. The first-order valence-corrected chi connectivity index (χ1v) is 7.83. The molecule has 0 bridgehead atoms. The van der Waals surface area contributed by atoms with Crippen LogP contribution in [-0.4, -0.2) is 5.78 Å². The number of Topliss-reactive ketones (excluding diaryl/α,β-unsaturated/α-hetero) is 1. The largest absolute Gasteiger partial charge is 0.457 e. The Morgan fingerprint density at radius 2 is 1.90 bits per heavy atom. The Morgan fingerprint density at radius 1 is 1.19 bits per heavy atom. The molecule has 0 aliphatic heterocycles. The summed E-state index contributed by atoms with van der Waals surface area (Å²) < 4.78 is 6.94. The highest BCUT2D eigenvalue weighted by Crippen LogP contribution is 2.34. The van der Waals surface area contributed by atoms with E-state index in [2.05, 4.69) is 29.8 Å². The number of hydrogen-bond donors (Lipinski definition) is 0. The van der Waals surface area contributed by atoms with Gasteiger partial charge in [-0.15, -0.1) is 0 Å². The average molecular weight is 368 g/mol. The molecular weight excluding hydrogens is 352 g/mol. The van der Waals surface area contributed by atoms with Crippen LogP contribution in [0, 0.1) is 0 Å². The van der Waals surface area contributed by atoms with E-state index in [4.69, 9.17) is 16.3 Å². The Morgan fingerprint density at radius 3 is 2.48 bits per heavy atom. The fourth-order valence-electron chi connectivity index (χ4n) is 2.04. The fourth-order valence-corrected chi connectivity index (χ4v) is 2.72. The molecule has 21 heavy (non-hydrogen) atoms. The van der Waals surface area contributed by atoms with E-state index in [1.165, 1.54) is 6.92 Å². The molecule has 2 nitrogen and oxygen atoms in total. The molecule has 2 aromatic rings. The van der Waals surface area contributed by atoms with Gasteiger partial charge in [-0.3, -0.25) is 4.79 Å². The summed E-state index contributed by atoms with van der Waals surface area (Å²) in [5, 5.41) is 0.406. The minimum absolute atomic E-state index is 0.0574. The summed E-state index contributed by atoms with van der Waals surface area (Å²) in [4.78, 5) is 11.4. The summed E-state index contributed by atoms with van der Waals surface area (Å²) in [5.41, 5.74) is 1.61. The van der Waals surface area contributed by atoms with Gasteiger partial charge >= 0.3 is 0 Å². The smallest absolute Gasteiger partial charge is 0.161 e. The molecule has 110 valence electrons. The van der Waals surface area contributed by atoms with Crippen LogP contribution in [0.25, 0.3) is 0 Å². The lowest BCUT2D eigenvalue weighted by Crippen LogP contribution is -1.96. The number of benzene rings is 2. The van der Waals surface area contributed by atoms with E-state index in [0.717, 1.165) is 15.8 Å². The highest BCUT2D eigenvalue weighted by molar-refractivity contribution is 9.10. The molecule has 0 saturated carbocycles. The van der Waals surface area contributed by atoms with E-state index in [0.29, 0.717) is 22.3 Å². The fraction of sp³-hybridized carbons (Fsp3) is 0.235. The van der Waals surface area contributed by atoms with Crippen LogP contribution in [0.3, 0.4) is 0 Å². The van der Waals surface area contributed by atoms with Gasteiger partial charge in [0.1, 0.15) is 11.5 Å². The monoisotopic (exact) mass is 366 g/mol. The lowest BCUT2D eigenvalue weighted by Gasteiger charge is -2.15. The van der Waals surface area contributed by atoms with Gasteiger partial charge in [0.05, 0.1) is 5.02 Å². The first-order valence-electron chi connectivity index (χ1n) is 6.66. The molecule has 0 amide bonds. The van der Waals surface area contributed by atoms with E-state index in [1.807, 2.05) is 18.2 Å². The normalized spacial score (nSPS) is 10.8. The van der Waals surface area contributed by atoms with Crippen molar-refractivity contribution in [3.8, 4) is 11.5 Å².